The van der Waals surface area contributed by atoms with Gasteiger partial charge in [-0.25, -0.2) is 4.39 Å². The van der Waals surface area contributed by atoms with E-state index in [1.54, 1.807) is 0 Å². The molecule has 1 saturated carbocycles. The molecule has 0 spiro atoms. The van der Waals surface area contributed by atoms with Gasteiger partial charge in [0, 0.05) is 6.04 Å². The molecule has 2 N–H and O–H groups in total. The molecule has 0 aliphatic heterocycles. The topological polar surface area (TPSA) is 75.6 Å². The summed E-state index contributed by atoms with van der Waals surface area (Å²) in [5.74, 6) is -2.37. The standard InChI is InChI=1S/C13H14FNO4/c1-19-10-4-2-3-9(14)11(10)12(16)15-8-5-7(6-8)13(17)18/h2-4,7-8H,5-6H2,1H3,(H,15,16)(H,17,18). The summed E-state index contributed by atoms with van der Waals surface area (Å²) in [6, 6.07) is 3.91. The molecule has 2 rings (SSSR count). The second-order valence-electron chi connectivity index (χ2n) is 4.49. The Balaban J connectivity index is 2.04. The number of rotatable bonds is 4. The van der Waals surface area contributed by atoms with E-state index in [1.807, 2.05) is 0 Å². The van der Waals surface area contributed by atoms with Crippen molar-refractivity contribution in [3.05, 3.63) is 29.6 Å². The number of methoxy groups -OCH3 is 1. The molecule has 0 saturated heterocycles. The lowest BCUT2D eigenvalue weighted by Crippen LogP contribution is -2.46. The highest BCUT2D eigenvalue weighted by Gasteiger charge is 2.36. The third-order valence-electron chi connectivity index (χ3n) is 3.24. The molecule has 0 bridgehead atoms. The van der Waals surface area contributed by atoms with Crippen LogP contribution in [-0.2, 0) is 4.79 Å². The number of benzene rings is 1. The summed E-state index contributed by atoms with van der Waals surface area (Å²) in [5.41, 5.74) is -0.149. The second kappa shape index (κ2) is 5.26. The average molecular weight is 267 g/mol. The number of ether oxygens (including phenoxy) is 1. The van der Waals surface area contributed by atoms with E-state index in [0.717, 1.165) is 0 Å². The summed E-state index contributed by atoms with van der Waals surface area (Å²) in [5, 5.41) is 11.3. The third-order valence-corrected chi connectivity index (χ3v) is 3.24. The molecule has 6 heteroatoms. The third kappa shape index (κ3) is 2.67. The number of nitrogens with one attached hydrogen (secondary N) is 1. The van der Waals surface area contributed by atoms with Crippen LogP contribution in [0.1, 0.15) is 23.2 Å². The average Bonchev–Trinajstić information content (AvgIpc) is 2.31. The Bertz CT molecular complexity index is 511. The molecule has 0 radical (unpaired) electrons. The zero-order valence-electron chi connectivity index (χ0n) is 10.4. The first kappa shape index (κ1) is 13.3. The van der Waals surface area contributed by atoms with E-state index in [2.05, 4.69) is 5.32 Å². The van der Waals surface area contributed by atoms with Gasteiger partial charge in [0.15, 0.2) is 0 Å². The summed E-state index contributed by atoms with van der Waals surface area (Å²) in [6.45, 7) is 0. The summed E-state index contributed by atoms with van der Waals surface area (Å²) in [7, 11) is 1.36. The zero-order valence-corrected chi connectivity index (χ0v) is 10.4. The fourth-order valence-electron chi connectivity index (χ4n) is 2.09. The van der Waals surface area contributed by atoms with Crippen LogP contribution in [0.3, 0.4) is 0 Å². The van der Waals surface area contributed by atoms with Crippen LogP contribution in [-0.4, -0.2) is 30.1 Å². The maximum absolute atomic E-state index is 13.6. The van der Waals surface area contributed by atoms with Crippen molar-refractivity contribution >= 4 is 11.9 Å². The van der Waals surface area contributed by atoms with E-state index < -0.39 is 23.6 Å². The number of hydrogen-bond donors (Lipinski definition) is 2. The molecule has 19 heavy (non-hydrogen) atoms. The normalized spacial score (nSPS) is 21.4. The van der Waals surface area contributed by atoms with Crippen LogP contribution in [0.4, 0.5) is 4.39 Å². The van der Waals surface area contributed by atoms with E-state index in [-0.39, 0.29) is 17.4 Å². The van der Waals surface area contributed by atoms with Crippen molar-refractivity contribution in [2.45, 2.75) is 18.9 Å². The van der Waals surface area contributed by atoms with Crippen molar-refractivity contribution in [3.8, 4) is 5.75 Å². The molecule has 0 unspecified atom stereocenters. The molecular weight excluding hydrogens is 253 g/mol. The smallest absolute Gasteiger partial charge is 0.306 e. The number of carbonyl (C=O) groups is 2. The molecule has 1 aliphatic carbocycles. The van der Waals surface area contributed by atoms with Gasteiger partial charge in [0.1, 0.15) is 17.1 Å². The summed E-state index contributed by atoms with van der Waals surface area (Å²) >= 11 is 0. The van der Waals surface area contributed by atoms with Gasteiger partial charge in [-0.3, -0.25) is 9.59 Å². The largest absolute Gasteiger partial charge is 0.496 e. The summed E-state index contributed by atoms with van der Waals surface area (Å²) in [4.78, 5) is 22.6. The second-order valence-corrected chi connectivity index (χ2v) is 4.49. The van der Waals surface area contributed by atoms with Crippen LogP contribution in [0.15, 0.2) is 18.2 Å². The first-order chi connectivity index (χ1) is 9.02. The van der Waals surface area contributed by atoms with E-state index in [9.17, 15) is 14.0 Å². The van der Waals surface area contributed by atoms with Gasteiger partial charge in [-0.15, -0.1) is 0 Å². The Morgan fingerprint density at radius 1 is 1.42 bits per heavy atom. The van der Waals surface area contributed by atoms with Gasteiger partial charge >= 0.3 is 5.97 Å². The molecular formula is C13H14FNO4. The minimum absolute atomic E-state index is 0.149. The molecule has 1 aromatic carbocycles. The molecule has 0 aromatic heterocycles. The highest BCUT2D eigenvalue weighted by molar-refractivity contribution is 5.97. The van der Waals surface area contributed by atoms with Crippen LogP contribution in [0, 0.1) is 11.7 Å². The lowest BCUT2D eigenvalue weighted by molar-refractivity contribution is -0.145. The van der Waals surface area contributed by atoms with Crippen molar-refractivity contribution in [1.29, 1.82) is 0 Å². The number of halogens is 1. The van der Waals surface area contributed by atoms with Crippen LogP contribution in [0.5, 0.6) is 5.75 Å². The van der Waals surface area contributed by atoms with Crippen molar-refractivity contribution in [2.24, 2.45) is 5.92 Å². The number of aliphatic carboxylic acids is 1. The Labute approximate surface area is 109 Å². The minimum Gasteiger partial charge on any atom is -0.496 e. The van der Waals surface area contributed by atoms with Crippen molar-refractivity contribution in [2.75, 3.05) is 7.11 Å². The van der Waals surface area contributed by atoms with Gasteiger partial charge in [-0.05, 0) is 25.0 Å². The molecule has 1 fully saturated rings. The Morgan fingerprint density at radius 2 is 2.11 bits per heavy atom. The monoisotopic (exact) mass is 267 g/mol. The maximum Gasteiger partial charge on any atom is 0.306 e. The van der Waals surface area contributed by atoms with Crippen molar-refractivity contribution in [1.82, 2.24) is 5.32 Å². The van der Waals surface area contributed by atoms with E-state index >= 15 is 0 Å². The Hall–Kier alpha value is -2.11. The van der Waals surface area contributed by atoms with E-state index in [4.69, 9.17) is 9.84 Å². The summed E-state index contributed by atoms with van der Waals surface area (Å²) < 4.78 is 18.6. The van der Waals surface area contributed by atoms with Gasteiger partial charge in [-0.1, -0.05) is 6.07 Å². The fourth-order valence-corrected chi connectivity index (χ4v) is 2.09. The lowest BCUT2D eigenvalue weighted by Gasteiger charge is -2.32. The fraction of sp³-hybridized carbons (Fsp3) is 0.385. The molecule has 0 atom stereocenters. The van der Waals surface area contributed by atoms with Crippen LogP contribution < -0.4 is 10.1 Å². The predicted octanol–water partition coefficient (Wildman–Crippen LogP) is 1.43. The Kier molecular flexibility index (Phi) is 3.69. The van der Waals surface area contributed by atoms with Crippen LogP contribution >= 0.6 is 0 Å². The number of amides is 1. The van der Waals surface area contributed by atoms with Gasteiger partial charge in [0.2, 0.25) is 0 Å². The minimum atomic E-state index is -0.867. The van der Waals surface area contributed by atoms with Gasteiger partial charge in [0.05, 0.1) is 13.0 Å². The van der Waals surface area contributed by atoms with Gasteiger partial charge < -0.3 is 15.2 Å². The van der Waals surface area contributed by atoms with Gasteiger partial charge in [-0.2, -0.15) is 0 Å². The van der Waals surface area contributed by atoms with Crippen LogP contribution in [0.2, 0.25) is 0 Å². The molecule has 1 aromatic rings. The molecule has 102 valence electrons. The summed E-state index contributed by atoms with van der Waals surface area (Å²) in [6.07, 6.45) is 0.746. The SMILES string of the molecule is COc1cccc(F)c1C(=O)NC1CC(C(=O)O)C1. The highest BCUT2D eigenvalue weighted by atomic mass is 19.1. The van der Waals surface area contributed by atoms with Gasteiger partial charge in [0.25, 0.3) is 5.91 Å². The van der Waals surface area contributed by atoms with Crippen molar-refractivity contribution in [3.63, 3.8) is 0 Å². The van der Waals surface area contributed by atoms with Crippen molar-refractivity contribution < 1.29 is 23.8 Å². The molecule has 0 heterocycles. The molecule has 1 amide bonds. The number of carboxylic acids is 1. The van der Waals surface area contributed by atoms with E-state index in [1.165, 1.54) is 25.3 Å². The quantitative estimate of drug-likeness (QED) is 0.865. The van der Waals surface area contributed by atoms with E-state index in [0.29, 0.717) is 12.8 Å². The number of carboxylic acid groups (broad SMARTS) is 1. The molecule has 1 aliphatic rings. The van der Waals surface area contributed by atoms with Crippen LogP contribution in [0.25, 0.3) is 0 Å². The first-order valence-corrected chi connectivity index (χ1v) is 5.89. The molecule has 5 nitrogen and oxygen atoms in total. The number of hydrogen-bond acceptors (Lipinski definition) is 3. The lowest BCUT2D eigenvalue weighted by atomic mass is 9.80. The first-order valence-electron chi connectivity index (χ1n) is 5.89. The maximum atomic E-state index is 13.6. The number of carbonyl (C=O) groups excluding carboxylic acids is 1. The zero-order chi connectivity index (χ0) is 14.0. The highest BCUT2D eigenvalue weighted by Crippen LogP contribution is 2.28. The Morgan fingerprint density at radius 3 is 2.68 bits per heavy atom. The predicted molar refractivity (Wildman–Crippen MR) is 64.6 cm³/mol.